The van der Waals surface area contributed by atoms with Gasteiger partial charge in [-0.05, 0) is 37.8 Å². The molecule has 1 aromatic carbocycles. The van der Waals surface area contributed by atoms with Crippen LogP contribution in [0.5, 0.6) is 0 Å². The topological polar surface area (TPSA) is 32.3 Å². The van der Waals surface area contributed by atoms with E-state index in [1.807, 2.05) is 13.0 Å². The SMILES string of the molecule is CC(C(=O)NC1CC1)N1CCc2ccccc21. The van der Waals surface area contributed by atoms with E-state index in [9.17, 15) is 4.79 Å². The number of amides is 1. The van der Waals surface area contributed by atoms with Crippen molar-refractivity contribution < 1.29 is 4.79 Å². The number of para-hydroxylation sites is 1. The molecule has 3 heteroatoms. The van der Waals surface area contributed by atoms with Gasteiger partial charge in [0.05, 0.1) is 0 Å². The molecule has 1 amide bonds. The summed E-state index contributed by atoms with van der Waals surface area (Å²) >= 11 is 0. The molecular formula is C14H18N2O. The molecule has 1 atom stereocenters. The fourth-order valence-electron chi connectivity index (χ4n) is 2.46. The summed E-state index contributed by atoms with van der Waals surface area (Å²) in [4.78, 5) is 14.3. The number of benzene rings is 1. The van der Waals surface area contributed by atoms with E-state index < -0.39 is 0 Å². The minimum Gasteiger partial charge on any atom is -0.359 e. The summed E-state index contributed by atoms with van der Waals surface area (Å²) < 4.78 is 0. The van der Waals surface area contributed by atoms with Crippen LogP contribution in [0, 0.1) is 0 Å². The van der Waals surface area contributed by atoms with Crippen LogP contribution in [0.25, 0.3) is 0 Å². The van der Waals surface area contributed by atoms with Crippen LogP contribution in [0.1, 0.15) is 25.3 Å². The van der Waals surface area contributed by atoms with Gasteiger partial charge in [-0.3, -0.25) is 4.79 Å². The van der Waals surface area contributed by atoms with Crippen molar-refractivity contribution in [1.82, 2.24) is 5.32 Å². The number of hydrogen-bond donors (Lipinski definition) is 1. The summed E-state index contributed by atoms with van der Waals surface area (Å²) in [6.07, 6.45) is 3.35. The van der Waals surface area contributed by atoms with Gasteiger partial charge >= 0.3 is 0 Å². The Bertz CT molecular complexity index is 440. The van der Waals surface area contributed by atoms with E-state index in [4.69, 9.17) is 0 Å². The Morgan fingerprint density at radius 1 is 1.41 bits per heavy atom. The predicted molar refractivity (Wildman–Crippen MR) is 68.1 cm³/mol. The second kappa shape index (κ2) is 4.06. The average molecular weight is 230 g/mol. The second-order valence-corrected chi connectivity index (χ2v) is 5.03. The summed E-state index contributed by atoms with van der Waals surface area (Å²) in [7, 11) is 0. The number of hydrogen-bond acceptors (Lipinski definition) is 2. The number of carbonyl (C=O) groups is 1. The summed E-state index contributed by atoms with van der Waals surface area (Å²) in [5, 5.41) is 3.08. The zero-order valence-corrected chi connectivity index (χ0v) is 10.1. The van der Waals surface area contributed by atoms with Crippen molar-refractivity contribution >= 4 is 11.6 Å². The molecule has 3 rings (SSSR count). The molecule has 1 saturated carbocycles. The molecule has 1 N–H and O–H groups in total. The molecule has 1 unspecified atom stereocenters. The fraction of sp³-hybridized carbons (Fsp3) is 0.500. The third kappa shape index (κ3) is 2.02. The molecule has 1 heterocycles. The van der Waals surface area contributed by atoms with Gasteiger partial charge in [-0.25, -0.2) is 0 Å². The molecular weight excluding hydrogens is 212 g/mol. The summed E-state index contributed by atoms with van der Waals surface area (Å²) in [5.41, 5.74) is 2.59. The van der Waals surface area contributed by atoms with E-state index in [0.717, 1.165) is 25.8 Å². The molecule has 1 fully saturated rings. The van der Waals surface area contributed by atoms with Gasteiger partial charge in [0.2, 0.25) is 5.91 Å². The van der Waals surface area contributed by atoms with Crippen molar-refractivity contribution in [2.75, 3.05) is 11.4 Å². The summed E-state index contributed by atoms with van der Waals surface area (Å²) in [6, 6.07) is 8.77. The largest absolute Gasteiger partial charge is 0.359 e. The lowest BCUT2D eigenvalue weighted by molar-refractivity contribution is -0.122. The van der Waals surface area contributed by atoms with Crippen LogP contribution in [0.3, 0.4) is 0 Å². The van der Waals surface area contributed by atoms with E-state index in [1.165, 1.54) is 11.3 Å². The monoisotopic (exact) mass is 230 g/mol. The lowest BCUT2D eigenvalue weighted by Gasteiger charge is -2.26. The van der Waals surface area contributed by atoms with Gasteiger partial charge in [0, 0.05) is 18.3 Å². The van der Waals surface area contributed by atoms with Gasteiger partial charge < -0.3 is 10.2 Å². The van der Waals surface area contributed by atoms with Gasteiger partial charge in [-0.2, -0.15) is 0 Å². The quantitative estimate of drug-likeness (QED) is 0.857. The van der Waals surface area contributed by atoms with Crippen LogP contribution in [0.2, 0.25) is 0 Å². The molecule has 1 aliphatic carbocycles. The first-order valence-electron chi connectivity index (χ1n) is 6.40. The molecule has 0 radical (unpaired) electrons. The lowest BCUT2D eigenvalue weighted by Crippen LogP contribution is -2.45. The Morgan fingerprint density at radius 3 is 2.94 bits per heavy atom. The Morgan fingerprint density at radius 2 is 2.18 bits per heavy atom. The van der Waals surface area contributed by atoms with E-state index >= 15 is 0 Å². The van der Waals surface area contributed by atoms with Crippen LogP contribution >= 0.6 is 0 Å². The van der Waals surface area contributed by atoms with E-state index in [0.29, 0.717) is 6.04 Å². The number of nitrogens with zero attached hydrogens (tertiary/aromatic N) is 1. The predicted octanol–water partition coefficient (Wildman–Crippen LogP) is 1.72. The first kappa shape index (κ1) is 10.6. The van der Waals surface area contributed by atoms with Crippen molar-refractivity contribution in [3.8, 4) is 0 Å². The molecule has 0 spiro atoms. The van der Waals surface area contributed by atoms with Gasteiger partial charge in [0.1, 0.15) is 6.04 Å². The van der Waals surface area contributed by atoms with Gasteiger partial charge in [-0.15, -0.1) is 0 Å². The highest BCUT2D eigenvalue weighted by molar-refractivity contribution is 5.86. The third-order valence-corrected chi connectivity index (χ3v) is 3.69. The van der Waals surface area contributed by atoms with Crippen molar-refractivity contribution in [2.24, 2.45) is 0 Å². The van der Waals surface area contributed by atoms with Gasteiger partial charge in [0.25, 0.3) is 0 Å². The minimum absolute atomic E-state index is 0.0563. The maximum atomic E-state index is 12.0. The molecule has 1 aromatic rings. The Labute approximate surface area is 102 Å². The lowest BCUT2D eigenvalue weighted by atomic mass is 10.1. The van der Waals surface area contributed by atoms with Crippen molar-refractivity contribution in [3.63, 3.8) is 0 Å². The Hall–Kier alpha value is -1.51. The zero-order chi connectivity index (χ0) is 11.8. The van der Waals surface area contributed by atoms with E-state index in [-0.39, 0.29) is 11.9 Å². The number of carbonyl (C=O) groups excluding carboxylic acids is 1. The van der Waals surface area contributed by atoms with Crippen LogP contribution in [0.4, 0.5) is 5.69 Å². The molecule has 90 valence electrons. The molecule has 0 saturated heterocycles. The molecule has 0 bridgehead atoms. The summed E-state index contributed by atoms with van der Waals surface area (Å²) in [6.45, 7) is 2.96. The molecule has 0 aromatic heterocycles. The molecule has 17 heavy (non-hydrogen) atoms. The first-order chi connectivity index (χ1) is 8.25. The fourth-order valence-corrected chi connectivity index (χ4v) is 2.46. The Balaban J connectivity index is 1.74. The third-order valence-electron chi connectivity index (χ3n) is 3.69. The minimum atomic E-state index is -0.0563. The van der Waals surface area contributed by atoms with Gasteiger partial charge in [0.15, 0.2) is 0 Å². The standard InChI is InChI=1S/C14H18N2O/c1-10(14(17)15-12-6-7-12)16-9-8-11-4-2-3-5-13(11)16/h2-5,10,12H,6-9H2,1H3,(H,15,17). The molecule has 1 aliphatic heterocycles. The highest BCUT2D eigenvalue weighted by Crippen LogP contribution is 2.29. The molecule has 2 aliphatic rings. The van der Waals surface area contributed by atoms with Crippen LogP contribution in [0.15, 0.2) is 24.3 Å². The zero-order valence-electron chi connectivity index (χ0n) is 10.1. The van der Waals surface area contributed by atoms with E-state index in [1.54, 1.807) is 0 Å². The van der Waals surface area contributed by atoms with Crippen molar-refractivity contribution in [2.45, 2.75) is 38.3 Å². The smallest absolute Gasteiger partial charge is 0.242 e. The number of anilines is 1. The maximum Gasteiger partial charge on any atom is 0.242 e. The van der Waals surface area contributed by atoms with Crippen LogP contribution in [-0.4, -0.2) is 24.5 Å². The average Bonchev–Trinajstić information content (AvgIpc) is 3.05. The van der Waals surface area contributed by atoms with Gasteiger partial charge in [-0.1, -0.05) is 18.2 Å². The van der Waals surface area contributed by atoms with Crippen LogP contribution < -0.4 is 10.2 Å². The van der Waals surface area contributed by atoms with Crippen molar-refractivity contribution in [3.05, 3.63) is 29.8 Å². The highest BCUT2D eigenvalue weighted by atomic mass is 16.2. The Kier molecular flexibility index (Phi) is 2.54. The number of rotatable bonds is 3. The summed E-state index contributed by atoms with van der Waals surface area (Å²) in [5.74, 6) is 0.171. The maximum absolute atomic E-state index is 12.0. The normalized spacial score (nSPS) is 19.9. The molecule has 3 nitrogen and oxygen atoms in total. The highest BCUT2D eigenvalue weighted by Gasteiger charge is 2.30. The van der Waals surface area contributed by atoms with Crippen molar-refractivity contribution in [1.29, 1.82) is 0 Å². The number of nitrogens with one attached hydrogen (secondary N) is 1. The second-order valence-electron chi connectivity index (χ2n) is 5.03. The number of fused-ring (bicyclic) bond motifs is 1. The van der Waals surface area contributed by atoms with Crippen LogP contribution in [-0.2, 0) is 11.2 Å². The first-order valence-corrected chi connectivity index (χ1v) is 6.40. The van der Waals surface area contributed by atoms with E-state index in [2.05, 4.69) is 28.4 Å².